The van der Waals surface area contributed by atoms with E-state index in [0.29, 0.717) is 0 Å². The van der Waals surface area contributed by atoms with Crippen LogP contribution in [-0.2, 0) is 0 Å². The summed E-state index contributed by atoms with van der Waals surface area (Å²) in [6.45, 7) is 3.09. The summed E-state index contributed by atoms with van der Waals surface area (Å²) in [6, 6.07) is 16.9. The van der Waals surface area contributed by atoms with E-state index in [4.69, 9.17) is 4.74 Å². The summed E-state index contributed by atoms with van der Waals surface area (Å²) in [5.41, 5.74) is 3.62. The molecule has 152 valence electrons. The minimum absolute atomic E-state index is 0.822. The highest BCUT2D eigenvalue weighted by molar-refractivity contribution is 5.70. The molecule has 0 atom stereocenters. The summed E-state index contributed by atoms with van der Waals surface area (Å²) in [7, 11) is 4.12. The lowest BCUT2D eigenvalue weighted by Crippen LogP contribution is -2.07. The van der Waals surface area contributed by atoms with Crippen LogP contribution in [0.25, 0.3) is 12.2 Å². The Morgan fingerprint density at radius 2 is 1.18 bits per heavy atom. The van der Waals surface area contributed by atoms with Crippen LogP contribution in [0, 0.1) is 0 Å². The van der Waals surface area contributed by atoms with Crippen molar-refractivity contribution in [1.82, 2.24) is 0 Å². The molecule has 28 heavy (non-hydrogen) atoms. The maximum Gasteiger partial charge on any atom is 0.119 e. The number of nitrogens with zero attached hydrogens (tertiary/aromatic N) is 1. The van der Waals surface area contributed by atoms with Gasteiger partial charge in [-0.05, 0) is 41.8 Å². The highest BCUT2D eigenvalue weighted by Crippen LogP contribution is 2.17. The van der Waals surface area contributed by atoms with Gasteiger partial charge in [-0.25, -0.2) is 0 Å². The molecule has 0 aromatic heterocycles. The van der Waals surface area contributed by atoms with Gasteiger partial charge in [0.25, 0.3) is 0 Å². The summed E-state index contributed by atoms with van der Waals surface area (Å²) in [5, 5.41) is 0. The minimum atomic E-state index is 0.822. The normalized spacial score (nSPS) is 11.1. The SMILES string of the molecule is CCCCCCCCCCOc1ccc(/C=C/c2ccc(N(C)C)cc2)cc1. The van der Waals surface area contributed by atoms with Gasteiger partial charge < -0.3 is 9.64 Å². The van der Waals surface area contributed by atoms with Gasteiger partial charge in [-0.3, -0.25) is 0 Å². The van der Waals surface area contributed by atoms with E-state index in [1.54, 1.807) is 0 Å². The van der Waals surface area contributed by atoms with Gasteiger partial charge in [0.1, 0.15) is 5.75 Å². The molecular weight excluding hydrogens is 342 g/mol. The first-order chi connectivity index (χ1) is 13.7. The molecule has 0 aliphatic carbocycles. The zero-order valence-corrected chi connectivity index (χ0v) is 18.0. The van der Waals surface area contributed by atoms with E-state index in [1.807, 2.05) is 0 Å². The van der Waals surface area contributed by atoms with Crippen molar-refractivity contribution in [1.29, 1.82) is 0 Å². The van der Waals surface area contributed by atoms with Crippen LogP contribution in [0.5, 0.6) is 5.75 Å². The lowest BCUT2D eigenvalue weighted by atomic mass is 10.1. The molecule has 2 nitrogen and oxygen atoms in total. The predicted molar refractivity (Wildman–Crippen MR) is 124 cm³/mol. The van der Waals surface area contributed by atoms with Gasteiger partial charge in [0.2, 0.25) is 0 Å². The zero-order valence-electron chi connectivity index (χ0n) is 18.0. The summed E-state index contributed by atoms with van der Waals surface area (Å²) < 4.78 is 5.88. The second-order valence-corrected chi connectivity index (χ2v) is 7.71. The lowest BCUT2D eigenvalue weighted by molar-refractivity contribution is 0.304. The average Bonchev–Trinajstić information content (AvgIpc) is 2.72. The van der Waals surface area contributed by atoms with Crippen molar-refractivity contribution in [2.45, 2.75) is 58.3 Å². The van der Waals surface area contributed by atoms with Crippen molar-refractivity contribution in [2.75, 3.05) is 25.6 Å². The highest BCUT2D eigenvalue weighted by Gasteiger charge is 1.97. The first-order valence-corrected chi connectivity index (χ1v) is 10.9. The van der Waals surface area contributed by atoms with Gasteiger partial charge in [-0.15, -0.1) is 0 Å². The predicted octanol–water partition coefficient (Wildman–Crippen LogP) is 7.44. The number of benzene rings is 2. The Kier molecular flexibility index (Phi) is 10.3. The molecule has 0 saturated heterocycles. The van der Waals surface area contributed by atoms with E-state index in [-0.39, 0.29) is 0 Å². The monoisotopic (exact) mass is 379 g/mol. The van der Waals surface area contributed by atoms with Crippen molar-refractivity contribution in [3.8, 4) is 5.75 Å². The Bertz CT molecular complexity index is 671. The Morgan fingerprint density at radius 1 is 0.679 bits per heavy atom. The average molecular weight is 380 g/mol. The van der Waals surface area contributed by atoms with Crippen molar-refractivity contribution < 1.29 is 4.74 Å². The smallest absolute Gasteiger partial charge is 0.119 e. The highest BCUT2D eigenvalue weighted by atomic mass is 16.5. The third kappa shape index (κ3) is 8.65. The van der Waals surface area contributed by atoms with E-state index < -0.39 is 0 Å². The van der Waals surface area contributed by atoms with Crippen LogP contribution in [0.1, 0.15) is 69.4 Å². The molecular formula is C26H37NO. The Morgan fingerprint density at radius 3 is 1.71 bits per heavy atom. The van der Waals surface area contributed by atoms with Gasteiger partial charge in [-0.1, -0.05) is 88.3 Å². The van der Waals surface area contributed by atoms with E-state index in [2.05, 4.69) is 86.6 Å². The molecule has 0 bridgehead atoms. The molecule has 0 amide bonds. The first-order valence-electron chi connectivity index (χ1n) is 10.9. The van der Waals surface area contributed by atoms with Crippen molar-refractivity contribution in [3.63, 3.8) is 0 Å². The molecule has 0 heterocycles. The number of hydrogen-bond acceptors (Lipinski definition) is 2. The molecule has 0 aliphatic rings. The number of hydrogen-bond donors (Lipinski definition) is 0. The van der Waals surface area contributed by atoms with Gasteiger partial charge in [0.05, 0.1) is 6.61 Å². The van der Waals surface area contributed by atoms with Crippen LogP contribution in [0.3, 0.4) is 0 Å². The second kappa shape index (κ2) is 13.0. The fraction of sp³-hybridized carbons (Fsp3) is 0.462. The third-order valence-electron chi connectivity index (χ3n) is 5.02. The molecule has 0 unspecified atom stereocenters. The molecule has 0 spiro atoms. The summed E-state index contributed by atoms with van der Waals surface area (Å²) in [5.74, 6) is 0.968. The van der Waals surface area contributed by atoms with Crippen LogP contribution < -0.4 is 9.64 Å². The van der Waals surface area contributed by atoms with E-state index in [1.165, 1.54) is 61.8 Å². The molecule has 0 saturated carbocycles. The molecule has 2 aromatic rings. The fourth-order valence-corrected chi connectivity index (χ4v) is 3.18. The zero-order chi connectivity index (χ0) is 20.0. The van der Waals surface area contributed by atoms with Crippen molar-refractivity contribution >= 4 is 17.8 Å². The minimum Gasteiger partial charge on any atom is -0.494 e. The van der Waals surface area contributed by atoms with Crippen molar-refractivity contribution in [2.24, 2.45) is 0 Å². The largest absolute Gasteiger partial charge is 0.494 e. The molecule has 2 aromatic carbocycles. The molecule has 0 radical (unpaired) electrons. The van der Waals surface area contributed by atoms with Crippen molar-refractivity contribution in [3.05, 3.63) is 59.7 Å². The Labute approximate surface area is 172 Å². The number of unbranched alkanes of at least 4 members (excludes halogenated alkanes) is 7. The lowest BCUT2D eigenvalue weighted by Gasteiger charge is -2.11. The standard InChI is InChI=1S/C26H37NO/c1-4-5-6-7-8-9-10-11-22-28-26-20-16-24(17-21-26)13-12-23-14-18-25(19-15-23)27(2)3/h12-21H,4-11,22H2,1-3H3/b13-12+. The topological polar surface area (TPSA) is 12.5 Å². The van der Waals surface area contributed by atoms with Gasteiger partial charge in [-0.2, -0.15) is 0 Å². The summed E-state index contributed by atoms with van der Waals surface area (Å²) in [4.78, 5) is 2.11. The van der Waals surface area contributed by atoms with Crippen LogP contribution in [0.2, 0.25) is 0 Å². The molecule has 2 heteroatoms. The number of anilines is 1. The summed E-state index contributed by atoms with van der Waals surface area (Å²) in [6.07, 6.45) is 14.9. The number of rotatable bonds is 13. The third-order valence-corrected chi connectivity index (χ3v) is 5.02. The van der Waals surface area contributed by atoms with Gasteiger partial charge in [0.15, 0.2) is 0 Å². The van der Waals surface area contributed by atoms with E-state index >= 15 is 0 Å². The van der Waals surface area contributed by atoms with E-state index in [0.717, 1.165) is 18.8 Å². The van der Waals surface area contributed by atoms with E-state index in [9.17, 15) is 0 Å². The molecule has 0 N–H and O–H groups in total. The van der Waals surface area contributed by atoms with Crippen LogP contribution >= 0.6 is 0 Å². The molecule has 0 fully saturated rings. The maximum absolute atomic E-state index is 5.88. The molecule has 2 rings (SSSR count). The Hall–Kier alpha value is -2.22. The summed E-state index contributed by atoms with van der Waals surface area (Å²) >= 11 is 0. The van der Waals surface area contributed by atoms with Crippen LogP contribution in [0.4, 0.5) is 5.69 Å². The Balaban J connectivity index is 1.66. The van der Waals surface area contributed by atoms with Gasteiger partial charge in [0, 0.05) is 19.8 Å². The fourth-order valence-electron chi connectivity index (χ4n) is 3.18. The van der Waals surface area contributed by atoms with Gasteiger partial charge >= 0.3 is 0 Å². The maximum atomic E-state index is 5.88. The van der Waals surface area contributed by atoms with Crippen LogP contribution in [-0.4, -0.2) is 20.7 Å². The molecule has 0 aliphatic heterocycles. The first kappa shape index (κ1) is 22.1. The second-order valence-electron chi connectivity index (χ2n) is 7.71. The quantitative estimate of drug-likeness (QED) is 0.265. The number of ether oxygens (including phenoxy) is 1. The van der Waals surface area contributed by atoms with Crippen LogP contribution in [0.15, 0.2) is 48.5 Å².